The summed E-state index contributed by atoms with van der Waals surface area (Å²) in [4.78, 5) is 18.2. The van der Waals surface area contributed by atoms with Gasteiger partial charge < -0.3 is 4.74 Å². The molecule has 1 fully saturated rings. The van der Waals surface area contributed by atoms with Crippen LogP contribution in [0.3, 0.4) is 0 Å². The minimum absolute atomic E-state index is 0.323. The van der Waals surface area contributed by atoms with Gasteiger partial charge in [0.2, 0.25) is 0 Å². The second-order valence-electron chi connectivity index (χ2n) is 5.76. The summed E-state index contributed by atoms with van der Waals surface area (Å²) in [5.41, 5.74) is 1.34. The molecule has 1 saturated heterocycles. The van der Waals surface area contributed by atoms with Crippen LogP contribution in [-0.4, -0.2) is 21.5 Å². The number of rotatable bonds is 3. The van der Waals surface area contributed by atoms with Gasteiger partial charge in [0, 0.05) is 12.3 Å². The Morgan fingerprint density at radius 1 is 1.14 bits per heavy atom. The Kier molecular flexibility index (Phi) is 3.67. The highest BCUT2D eigenvalue weighted by Crippen LogP contribution is 2.35. The van der Waals surface area contributed by atoms with Gasteiger partial charge in [0.25, 0.3) is 0 Å². The van der Waals surface area contributed by atoms with E-state index in [4.69, 9.17) is 4.74 Å². The van der Waals surface area contributed by atoms with Crippen LogP contribution in [-0.2, 0) is 11.3 Å². The van der Waals surface area contributed by atoms with Crippen molar-refractivity contribution in [1.82, 2.24) is 9.88 Å². The van der Waals surface area contributed by atoms with Crippen LogP contribution in [0, 0.1) is 0 Å². The third kappa shape index (κ3) is 2.72. The monoisotopic (exact) mass is 294 g/mol. The normalized spacial score (nSPS) is 18.5. The van der Waals surface area contributed by atoms with Crippen molar-refractivity contribution in [2.45, 2.75) is 25.9 Å². The number of hydrogen-bond acceptors (Lipinski definition) is 3. The first-order valence-corrected chi connectivity index (χ1v) is 7.24. The molecule has 2 aromatic rings. The van der Waals surface area contributed by atoms with Crippen molar-refractivity contribution >= 4 is 12.2 Å². The van der Waals surface area contributed by atoms with Crippen molar-refractivity contribution in [3.8, 4) is 0 Å². The SMILES string of the molecule is CC1(C)/C(=C\c2ccccn2)OC(=O)N1Cc1ccccc1. The van der Waals surface area contributed by atoms with E-state index in [-0.39, 0.29) is 6.09 Å². The molecule has 22 heavy (non-hydrogen) atoms. The predicted octanol–water partition coefficient (Wildman–Crippen LogP) is 3.85. The average Bonchev–Trinajstić information content (AvgIpc) is 2.73. The Balaban J connectivity index is 1.88. The van der Waals surface area contributed by atoms with Crippen LogP contribution >= 0.6 is 0 Å². The van der Waals surface area contributed by atoms with Gasteiger partial charge in [0.15, 0.2) is 0 Å². The summed E-state index contributed by atoms with van der Waals surface area (Å²) in [5, 5.41) is 0. The molecule has 1 amide bonds. The molecule has 1 aromatic heterocycles. The maximum atomic E-state index is 12.2. The smallest absolute Gasteiger partial charge is 0.412 e. The Labute approximate surface area is 130 Å². The van der Waals surface area contributed by atoms with Gasteiger partial charge in [0.05, 0.1) is 17.8 Å². The highest BCUT2D eigenvalue weighted by atomic mass is 16.6. The molecular weight excluding hydrogens is 276 g/mol. The highest BCUT2D eigenvalue weighted by molar-refractivity contribution is 5.76. The van der Waals surface area contributed by atoms with Gasteiger partial charge in [-0.1, -0.05) is 36.4 Å². The van der Waals surface area contributed by atoms with Crippen LogP contribution in [0.25, 0.3) is 6.08 Å². The minimum Gasteiger partial charge on any atom is -0.412 e. The number of carbonyl (C=O) groups is 1. The summed E-state index contributed by atoms with van der Waals surface area (Å²) in [7, 11) is 0. The molecule has 0 saturated carbocycles. The molecular formula is C18H18N2O2. The maximum Gasteiger partial charge on any atom is 0.416 e. The summed E-state index contributed by atoms with van der Waals surface area (Å²) < 4.78 is 5.47. The molecule has 0 atom stereocenters. The van der Waals surface area contributed by atoms with Crippen LogP contribution in [0.5, 0.6) is 0 Å². The van der Waals surface area contributed by atoms with Crippen LogP contribution in [0.2, 0.25) is 0 Å². The molecule has 1 aliphatic heterocycles. The van der Waals surface area contributed by atoms with E-state index in [1.165, 1.54) is 0 Å². The molecule has 1 aromatic carbocycles. The van der Waals surface area contributed by atoms with Gasteiger partial charge in [-0.15, -0.1) is 0 Å². The third-order valence-electron chi connectivity index (χ3n) is 3.85. The Morgan fingerprint density at radius 3 is 2.55 bits per heavy atom. The second-order valence-corrected chi connectivity index (χ2v) is 5.76. The number of carbonyl (C=O) groups excluding carboxylic acids is 1. The second kappa shape index (κ2) is 5.64. The molecule has 0 radical (unpaired) electrons. The summed E-state index contributed by atoms with van der Waals surface area (Å²) >= 11 is 0. The Bertz CT molecular complexity index is 694. The van der Waals surface area contributed by atoms with Gasteiger partial charge in [-0.2, -0.15) is 0 Å². The fourth-order valence-electron chi connectivity index (χ4n) is 2.47. The van der Waals surface area contributed by atoms with E-state index in [2.05, 4.69) is 4.98 Å². The number of pyridine rings is 1. The molecule has 4 nitrogen and oxygen atoms in total. The van der Waals surface area contributed by atoms with Crippen molar-refractivity contribution < 1.29 is 9.53 Å². The van der Waals surface area contributed by atoms with Crippen molar-refractivity contribution in [3.05, 3.63) is 71.7 Å². The number of benzene rings is 1. The number of cyclic esters (lactones) is 1. The van der Waals surface area contributed by atoms with Gasteiger partial charge >= 0.3 is 6.09 Å². The largest absolute Gasteiger partial charge is 0.416 e. The first-order chi connectivity index (χ1) is 10.6. The van der Waals surface area contributed by atoms with Gasteiger partial charge in [0.1, 0.15) is 5.76 Å². The van der Waals surface area contributed by atoms with Crippen LogP contribution in [0.15, 0.2) is 60.5 Å². The minimum atomic E-state index is -0.509. The summed E-state index contributed by atoms with van der Waals surface area (Å²) in [6.07, 6.45) is 3.22. The van der Waals surface area contributed by atoms with E-state index >= 15 is 0 Å². The van der Waals surface area contributed by atoms with Crippen molar-refractivity contribution in [2.75, 3.05) is 0 Å². The molecule has 4 heteroatoms. The number of hydrogen-bond donors (Lipinski definition) is 0. The van der Waals surface area contributed by atoms with Crippen molar-refractivity contribution in [1.29, 1.82) is 0 Å². The third-order valence-corrected chi connectivity index (χ3v) is 3.85. The standard InChI is InChI=1S/C18H18N2O2/c1-18(2)16(12-15-10-6-7-11-19-15)22-17(21)20(18)13-14-8-4-3-5-9-14/h3-12H,13H2,1-2H3/b16-12+. The Hall–Kier alpha value is -2.62. The van der Waals surface area contributed by atoms with E-state index in [1.807, 2.05) is 68.5 Å². The van der Waals surface area contributed by atoms with E-state index in [1.54, 1.807) is 11.1 Å². The zero-order chi connectivity index (χ0) is 15.6. The number of aromatic nitrogens is 1. The quantitative estimate of drug-likeness (QED) is 0.863. The lowest BCUT2D eigenvalue weighted by molar-refractivity contribution is 0.154. The van der Waals surface area contributed by atoms with Gasteiger partial charge in [-0.25, -0.2) is 4.79 Å². The zero-order valence-corrected chi connectivity index (χ0v) is 12.7. The first kappa shape index (κ1) is 14.3. The summed E-state index contributed by atoms with van der Waals surface area (Å²) in [6, 6.07) is 15.6. The molecule has 2 heterocycles. The molecule has 0 N–H and O–H groups in total. The average molecular weight is 294 g/mol. The number of nitrogens with zero attached hydrogens (tertiary/aromatic N) is 2. The van der Waals surface area contributed by atoms with Crippen LogP contribution < -0.4 is 0 Å². The van der Waals surface area contributed by atoms with E-state index < -0.39 is 5.54 Å². The molecule has 0 aliphatic carbocycles. The van der Waals surface area contributed by atoms with Gasteiger partial charge in [-0.3, -0.25) is 9.88 Å². The fraction of sp³-hybridized carbons (Fsp3) is 0.222. The maximum absolute atomic E-state index is 12.2. The van der Waals surface area contributed by atoms with Gasteiger partial charge in [-0.05, 0) is 31.5 Å². The lowest BCUT2D eigenvalue weighted by Crippen LogP contribution is -2.40. The lowest BCUT2D eigenvalue weighted by Gasteiger charge is -2.28. The number of ether oxygens (including phenoxy) is 1. The highest BCUT2D eigenvalue weighted by Gasteiger charge is 2.44. The van der Waals surface area contributed by atoms with Crippen molar-refractivity contribution in [2.24, 2.45) is 0 Å². The van der Waals surface area contributed by atoms with Crippen molar-refractivity contribution in [3.63, 3.8) is 0 Å². The van der Waals surface area contributed by atoms with E-state index in [9.17, 15) is 4.79 Å². The van der Waals surface area contributed by atoms with E-state index in [0.717, 1.165) is 11.3 Å². The molecule has 0 bridgehead atoms. The van der Waals surface area contributed by atoms with Crippen LogP contribution in [0.4, 0.5) is 4.79 Å². The first-order valence-electron chi connectivity index (χ1n) is 7.24. The fourth-order valence-corrected chi connectivity index (χ4v) is 2.47. The summed E-state index contributed by atoms with van der Waals surface area (Å²) in [6.45, 7) is 4.48. The van der Waals surface area contributed by atoms with E-state index in [0.29, 0.717) is 12.3 Å². The lowest BCUT2D eigenvalue weighted by atomic mass is 9.99. The molecule has 1 aliphatic rings. The zero-order valence-electron chi connectivity index (χ0n) is 12.7. The van der Waals surface area contributed by atoms with Crippen LogP contribution in [0.1, 0.15) is 25.1 Å². The topological polar surface area (TPSA) is 42.4 Å². The molecule has 112 valence electrons. The molecule has 0 unspecified atom stereocenters. The predicted molar refractivity (Wildman–Crippen MR) is 84.8 cm³/mol. The molecule has 3 rings (SSSR count). The number of amides is 1. The summed E-state index contributed by atoms with van der Waals surface area (Å²) in [5.74, 6) is 0.618. The Morgan fingerprint density at radius 2 is 1.86 bits per heavy atom. The molecule has 0 spiro atoms.